The van der Waals surface area contributed by atoms with Crippen LogP contribution in [-0.4, -0.2) is 19.5 Å². The Morgan fingerprint density at radius 3 is 1.83 bits per heavy atom. The van der Waals surface area contributed by atoms with Gasteiger partial charge in [0.05, 0.1) is 11.0 Å². The maximum absolute atomic E-state index is 6.37. The second-order valence-electron chi connectivity index (χ2n) is 10.5. The molecule has 42 heavy (non-hydrogen) atoms. The summed E-state index contributed by atoms with van der Waals surface area (Å²) in [6.07, 6.45) is 0. The largest absolute Gasteiger partial charge is 0.455 e. The van der Waals surface area contributed by atoms with E-state index in [2.05, 4.69) is 89.5 Å². The Hall–Kier alpha value is -5.81. The first-order valence-electron chi connectivity index (χ1n) is 14.0. The van der Waals surface area contributed by atoms with Gasteiger partial charge in [0, 0.05) is 38.1 Å². The molecule has 5 nitrogen and oxygen atoms in total. The highest BCUT2D eigenvalue weighted by Gasteiger charge is 2.18. The van der Waals surface area contributed by atoms with Gasteiger partial charge in [0.1, 0.15) is 11.2 Å². The molecule has 9 rings (SSSR count). The first kappa shape index (κ1) is 22.9. The van der Waals surface area contributed by atoms with Crippen LogP contribution < -0.4 is 0 Å². The van der Waals surface area contributed by atoms with Crippen molar-refractivity contribution < 1.29 is 4.42 Å². The SMILES string of the molecule is c1ccc(-c2nc(-c3ccc4ccc5c6ccccc6oc5c4c3)nc(-n3c4ccccc4c4ccccc43)n2)cc1. The first-order valence-corrected chi connectivity index (χ1v) is 14.0. The molecule has 0 radical (unpaired) electrons. The molecule has 0 aliphatic carbocycles. The molecule has 0 unspecified atom stereocenters. The summed E-state index contributed by atoms with van der Waals surface area (Å²) < 4.78 is 8.51. The van der Waals surface area contributed by atoms with Crippen LogP contribution >= 0.6 is 0 Å². The third-order valence-electron chi connectivity index (χ3n) is 8.06. The van der Waals surface area contributed by atoms with Gasteiger partial charge in [-0.25, -0.2) is 4.98 Å². The molecule has 0 bridgehead atoms. The number of furan rings is 1. The van der Waals surface area contributed by atoms with Crippen LogP contribution in [0.5, 0.6) is 0 Å². The lowest BCUT2D eigenvalue weighted by molar-refractivity contribution is 0.672. The van der Waals surface area contributed by atoms with Gasteiger partial charge in [-0.05, 0) is 35.7 Å². The van der Waals surface area contributed by atoms with E-state index >= 15 is 0 Å². The Morgan fingerprint density at radius 1 is 0.452 bits per heavy atom. The van der Waals surface area contributed by atoms with Gasteiger partial charge in [-0.3, -0.25) is 4.57 Å². The lowest BCUT2D eigenvalue weighted by Crippen LogP contribution is -2.06. The van der Waals surface area contributed by atoms with E-state index in [0.29, 0.717) is 17.6 Å². The fourth-order valence-electron chi connectivity index (χ4n) is 6.09. The minimum absolute atomic E-state index is 0.582. The second kappa shape index (κ2) is 8.85. The number of rotatable bonds is 3. The van der Waals surface area contributed by atoms with Crippen LogP contribution in [0.15, 0.2) is 138 Å². The summed E-state index contributed by atoms with van der Waals surface area (Å²) >= 11 is 0. The van der Waals surface area contributed by atoms with E-state index in [-0.39, 0.29) is 0 Å². The predicted molar refractivity (Wildman–Crippen MR) is 170 cm³/mol. The number of aromatic nitrogens is 4. The van der Waals surface area contributed by atoms with Gasteiger partial charge < -0.3 is 4.42 Å². The molecule has 6 aromatic carbocycles. The van der Waals surface area contributed by atoms with Crippen molar-refractivity contribution in [2.75, 3.05) is 0 Å². The molecule has 0 saturated carbocycles. The second-order valence-corrected chi connectivity index (χ2v) is 10.5. The zero-order valence-electron chi connectivity index (χ0n) is 22.4. The van der Waals surface area contributed by atoms with Crippen molar-refractivity contribution in [2.24, 2.45) is 0 Å². The maximum Gasteiger partial charge on any atom is 0.238 e. The molecular formula is C37H22N4O. The molecule has 3 aromatic heterocycles. The third kappa shape index (κ3) is 3.40. The van der Waals surface area contributed by atoms with Crippen molar-refractivity contribution in [3.63, 3.8) is 0 Å². The molecule has 5 heteroatoms. The van der Waals surface area contributed by atoms with E-state index in [9.17, 15) is 0 Å². The predicted octanol–water partition coefficient (Wildman–Crippen LogP) is 9.36. The summed E-state index contributed by atoms with van der Waals surface area (Å²) in [5.41, 5.74) is 5.69. The minimum atomic E-state index is 0.582. The van der Waals surface area contributed by atoms with Gasteiger partial charge >= 0.3 is 0 Å². The molecule has 9 aromatic rings. The average Bonchev–Trinajstić information content (AvgIpc) is 3.61. The zero-order chi connectivity index (χ0) is 27.6. The molecule has 3 heterocycles. The Kier molecular flexibility index (Phi) is 4.83. The van der Waals surface area contributed by atoms with Crippen molar-refractivity contribution in [3.05, 3.63) is 133 Å². The summed E-state index contributed by atoms with van der Waals surface area (Å²) in [5, 5.41) is 6.66. The average molecular weight is 539 g/mol. The Morgan fingerprint density at radius 2 is 1.07 bits per heavy atom. The number of nitrogens with zero attached hydrogens (tertiary/aromatic N) is 4. The van der Waals surface area contributed by atoms with Crippen LogP contribution in [0.4, 0.5) is 0 Å². The van der Waals surface area contributed by atoms with E-state index < -0.39 is 0 Å². The number of benzene rings is 6. The molecule has 0 aliphatic heterocycles. The van der Waals surface area contributed by atoms with Gasteiger partial charge in [0.15, 0.2) is 11.6 Å². The molecule has 0 spiro atoms. The van der Waals surface area contributed by atoms with Crippen molar-refractivity contribution in [2.45, 2.75) is 0 Å². The molecular weight excluding hydrogens is 516 g/mol. The van der Waals surface area contributed by atoms with Crippen LogP contribution in [0.1, 0.15) is 0 Å². The lowest BCUT2D eigenvalue weighted by Gasteiger charge is -2.11. The van der Waals surface area contributed by atoms with E-state index in [0.717, 1.165) is 65.6 Å². The Labute approximate surface area is 240 Å². The summed E-state index contributed by atoms with van der Waals surface area (Å²) in [5.74, 6) is 1.81. The van der Waals surface area contributed by atoms with Crippen molar-refractivity contribution >= 4 is 54.5 Å². The molecule has 0 aliphatic rings. The normalized spacial score (nSPS) is 11.8. The zero-order valence-corrected chi connectivity index (χ0v) is 22.4. The van der Waals surface area contributed by atoms with Crippen LogP contribution in [0.3, 0.4) is 0 Å². The van der Waals surface area contributed by atoms with Crippen LogP contribution in [-0.2, 0) is 0 Å². The van der Waals surface area contributed by atoms with Crippen molar-refractivity contribution in [1.29, 1.82) is 0 Å². The van der Waals surface area contributed by atoms with Gasteiger partial charge in [0.2, 0.25) is 5.95 Å². The van der Waals surface area contributed by atoms with Gasteiger partial charge in [-0.1, -0.05) is 103 Å². The van der Waals surface area contributed by atoms with Gasteiger partial charge in [0.25, 0.3) is 0 Å². The Balaban J connectivity index is 1.33. The smallest absolute Gasteiger partial charge is 0.238 e. The van der Waals surface area contributed by atoms with E-state index in [1.165, 1.54) is 0 Å². The standard InChI is InChI=1S/C37H22N4O/c1-2-10-24(11-3-1)35-38-36(40-37(39-35)41-31-15-7-4-12-26(31)27-13-5-8-16-32(27)41)25-19-18-23-20-21-29-28-14-6-9-17-33(28)42-34(29)30(23)22-25/h1-22H. The topological polar surface area (TPSA) is 56.7 Å². The Bertz CT molecular complexity index is 2420. The fraction of sp³-hybridized carbons (Fsp3) is 0. The fourth-order valence-corrected chi connectivity index (χ4v) is 6.09. The number of fused-ring (bicyclic) bond motifs is 8. The molecule has 0 saturated heterocycles. The maximum atomic E-state index is 6.37. The molecule has 0 atom stereocenters. The highest BCUT2D eigenvalue weighted by molar-refractivity contribution is 6.15. The molecule has 0 N–H and O–H groups in total. The summed E-state index contributed by atoms with van der Waals surface area (Å²) in [4.78, 5) is 15.2. The molecule has 196 valence electrons. The lowest BCUT2D eigenvalue weighted by atomic mass is 10.0. The molecule has 0 amide bonds. The highest BCUT2D eigenvalue weighted by atomic mass is 16.3. The third-order valence-corrected chi connectivity index (χ3v) is 8.06. The quantitative estimate of drug-likeness (QED) is 0.225. The van der Waals surface area contributed by atoms with Crippen LogP contribution in [0, 0.1) is 0 Å². The minimum Gasteiger partial charge on any atom is -0.455 e. The summed E-state index contributed by atoms with van der Waals surface area (Å²) in [6.45, 7) is 0. The molecule has 0 fully saturated rings. The van der Waals surface area contributed by atoms with Gasteiger partial charge in [-0.15, -0.1) is 0 Å². The number of para-hydroxylation sites is 3. The van der Waals surface area contributed by atoms with Crippen molar-refractivity contribution in [1.82, 2.24) is 19.5 Å². The summed E-state index contributed by atoms with van der Waals surface area (Å²) in [7, 11) is 0. The highest BCUT2D eigenvalue weighted by Crippen LogP contribution is 2.36. The summed E-state index contributed by atoms with van der Waals surface area (Å²) in [6, 6.07) is 45.7. The van der Waals surface area contributed by atoms with E-state index in [1.807, 2.05) is 48.5 Å². The van der Waals surface area contributed by atoms with E-state index in [4.69, 9.17) is 19.4 Å². The van der Waals surface area contributed by atoms with Crippen LogP contribution in [0.25, 0.3) is 83.2 Å². The number of hydrogen-bond donors (Lipinski definition) is 0. The van der Waals surface area contributed by atoms with Gasteiger partial charge in [-0.2, -0.15) is 9.97 Å². The first-order chi connectivity index (χ1) is 20.8. The van der Waals surface area contributed by atoms with Crippen LogP contribution in [0.2, 0.25) is 0 Å². The van der Waals surface area contributed by atoms with E-state index in [1.54, 1.807) is 0 Å². The monoisotopic (exact) mass is 538 g/mol. The van der Waals surface area contributed by atoms with Crippen molar-refractivity contribution in [3.8, 4) is 28.7 Å². The number of hydrogen-bond acceptors (Lipinski definition) is 4.